The Morgan fingerprint density at radius 3 is 2.55 bits per heavy atom. The van der Waals surface area contributed by atoms with Crippen molar-refractivity contribution in [2.45, 2.75) is 31.6 Å². The topological polar surface area (TPSA) is 92.8 Å². The van der Waals surface area contributed by atoms with E-state index in [0.717, 1.165) is 19.2 Å². The summed E-state index contributed by atoms with van der Waals surface area (Å²) in [4.78, 5) is 26.4. The number of benzene rings is 1. The van der Waals surface area contributed by atoms with Gasteiger partial charge < -0.3 is 10.1 Å². The molecule has 158 valence electrons. The maximum atomic E-state index is 13.1. The van der Waals surface area contributed by atoms with E-state index < -0.39 is 45.7 Å². The zero-order valence-corrected chi connectivity index (χ0v) is 16.4. The van der Waals surface area contributed by atoms with Crippen LogP contribution in [0.3, 0.4) is 0 Å². The van der Waals surface area contributed by atoms with Crippen LogP contribution in [0, 0.1) is 0 Å². The van der Waals surface area contributed by atoms with E-state index in [0.29, 0.717) is 0 Å². The number of methoxy groups -OCH3 is 1. The van der Waals surface area contributed by atoms with E-state index in [4.69, 9.17) is 4.74 Å². The highest BCUT2D eigenvalue weighted by Gasteiger charge is 2.43. The Morgan fingerprint density at radius 1 is 1.31 bits per heavy atom. The van der Waals surface area contributed by atoms with Gasteiger partial charge in [-0.05, 0) is 31.0 Å². The van der Waals surface area contributed by atoms with Gasteiger partial charge in [0.1, 0.15) is 0 Å². The summed E-state index contributed by atoms with van der Waals surface area (Å²) >= 11 is 0. The number of urea groups is 1. The fraction of sp³-hybridized carbons (Fsp3) is 0.444. The minimum Gasteiger partial charge on any atom is -0.466 e. The van der Waals surface area contributed by atoms with Gasteiger partial charge in [0.25, 0.3) is 0 Å². The van der Waals surface area contributed by atoms with E-state index in [1.54, 1.807) is 0 Å². The molecular formula is C18H19F3N2O5S. The second kappa shape index (κ2) is 7.36. The molecule has 1 fully saturated rings. The molecule has 1 N–H and O–H groups in total. The number of hydrogen-bond acceptors (Lipinski definition) is 5. The van der Waals surface area contributed by atoms with Gasteiger partial charge in [-0.2, -0.15) is 13.2 Å². The molecule has 2 atom stereocenters. The third kappa shape index (κ3) is 4.09. The van der Waals surface area contributed by atoms with Crippen LogP contribution in [0.1, 0.15) is 30.5 Å². The maximum Gasteiger partial charge on any atom is 0.416 e. The van der Waals surface area contributed by atoms with E-state index in [2.05, 4.69) is 5.32 Å². The van der Waals surface area contributed by atoms with Crippen LogP contribution in [0.25, 0.3) is 0 Å². The van der Waals surface area contributed by atoms with Crippen molar-refractivity contribution < 1.29 is 35.9 Å². The van der Waals surface area contributed by atoms with Gasteiger partial charge >= 0.3 is 18.2 Å². The molecule has 2 amide bonds. The average molecular weight is 432 g/mol. The number of nitrogens with zero attached hydrogens (tertiary/aromatic N) is 1. The summed E-state index contributed by atoms with van der Waals surface area (Å²) in [5.74, 6) is -1.16. The van der Waals surface area contributed by atoms with Crippen LogP contribution in [-0.2, 0) is 25.5 Å². The Labute approximate surface area is 165 Å². The lowest BCUT2D eigenvalue weighted by molar-refractivity contribution is -0.137. The number of amides is 2. The fourth-order valence-corrected chi connectivity index (χ4v) is 5.39. The molecule has 1 saturated heterocycles. The molecule has 0 unspecified atom stereocenters. The van der Waals surface area contributed by atoms with Crippen LogP contribution in [0.2, 0.25) is 0 Å². The van der Waals surface area contributed by atoms with Crippen molar-refractivity contribution in [3.63, 3.8) is 0 Å². The number of carbonyl (C=O) groups is 2. The number of sulfone groups is 1. The lowest BCUT2D eigenvalue weighted by Crippen LogP contribution is -2.52. The molecule has 3 rings (SSSR count). The normalized spacial score (nSPS) is 24.4. The maximum absolute atomic E-state index is 13.1. The molecule has 1 aromatic rings. The highest BCUT2D eigenvalue weighted by atomic mass is 32.2. The molecule has 0 aromatic heterocycles. The number of alkyl halides is 3. The first kappa shape index (κ1) is 21.2. The fourth-order valence-electron chi connectivity index (χ4n) is 3.69. The summed E-state index contributed by atoms with van der Waals surface area (Å²) in [5.41, 5.74) is -0.747. The Balaban J connectivity index is 2.08. The second-order valence-corrected chi connectivity index (χ2v) is 9.15. The lowest BCUT2D eigenvalue weighted by Gasteiger charge is -2.38. The van der Waals surface area contributed by atoms with Crippen molar-refractivity contribution in [1.29, 1.82) is 0 Å². The molecule has 7 nitrogen and oxygen atoms in total. The molecular weight excluding hydrogens is 413 g/mol. The van der Waals surface area contributed by atoms with Crippen LogP contribution in [0.4, 0.5) is 18.0 Å². The third-order valence-corrected chi connectivity index (χ3v) is 6.80. The van der Waals surface area contributed by atoms with E-state index in [-0.39, 0.29) is 34.8 Å². The molecule has 0 radical (unpaired) electrons. The minimum absolute atomic E-state index is 0.0456. The Morgan fingerprint density at radius 2 is 2.00 bits per heavy atom. The van der Waals surface area contributed by atoms with E-state index in [9.17, 15) is 31.2 Å². The van der Waals surface area contributed by atoms with Crippen molar-refractivity contribution in [2.24, 2.45) is 0 Å². The largest absolute Gasteiger partial charge is 0.466 e. The van der Waals surface area contributed by atoms with Crippen LogP contribution in [0.15, 0.2) is 35.5 Å². The lowest BCUT2D eigenvalue weighted by atomic mass is 9.93. The first-order valence-corrected chi connectivity index (χ1v) is 10.5. The van der Waals surface area contributed by atoms with Gasteiger partial charge in [0.15, 0.2) is 9.84 Å². The van der Waals surface area contributed by atoms with Gasteiger partial charge in [-0.25, -0.2) is 18.0 Å². The highest BCUT2D eigenvalue weighted by Crippen LogP contribution is 2.36. The molecule has 2 aliphatic heterocycles. The SMILES string of the molecule is COC(=O)C1=C(C)N([C@H]2CCS(=O)(=O)C2)C(=O)N[C@H]1c1cccc(C(F)(F)F)c1. The van der Waals surface area contributed by atoms with Gasteiger partial charge in [-0.3, -0.25) is 4.90 Å². The molecule has 11 heteroatoms. The van der Waals surface area contributed by atoms with E-state index in [1.807, 2.05) is 0 Å². The summed E-state index contributed by atoms with van der Waals surface area (Å²) in [6.45, 7) is 1.45. The van der Waals surface area contributed by atoms with Gasteiger partial charge in [0.05, 0.1) is 41.8 Å². The monoisotopic (exact) mass is 432 g/mol. The van der Waals surface area contributed by atoms with E-state index in [1.165, 1.54) is 24.0 Å². The molecule has 0 bridgehead atoms. The quantitative estimate of drug-likeness (QED) is 0.741. The van der Waals surface area contributed by atoms with Crippen molar-refractivity contribution in [3.05, 3.63) is 46.7 Å². The highest BCUT2D eigenvalue weighted by molar-refractivity contribution is 7.91. The smallest absolute Gasteiger partial charge is 0.416 e. The number of halogens is 3. The predicted molar refractivity (Wildman–Crippen MR) is 96.3 cm³/mol. The molecule has 29 heavy (non-hydrogen) atoms. The number of esters is 1. The van der Waals surface area contributed by atoms with Crippen molar-refractivity contribution in [1.82, 2.24) is 10.2 Å². The van der Waals surface area contributed by atoms with Crippen LogP contribution < -0.4 is 5.32 Å². The molecule has 0 spiro atoms. The summed E-state index contributed by atoms with van der Waals surface area (Å²) in [6, 6.07) is 1.79. The van der Waals surface area contributed by atoms with Crippen LogP contribution in [-0.4, -0.2) is 50.0 Å². The summed E-state index contributed by atoms with van der Waals surface area (Å²) in [7, 11) is -2.19. The zero-order valence-electron chi connectivity index (χ0n) is 15.6. The molecule has 1 aromatic carbocycles. The summed E-state index contributed by atoms with van der Waals surface area (Å²) in [6.07, 6.45) is -4.39. The summed E-state index contributed by atoms with van der Waals surface area (Å²) < 4.78 is 67.7. The number of ether oxygens (including phenoxy) is 1. The molecule has 2 aliphatic rings. The zero-order chi connectivity index (χ0) is 21.6. The predicted octanol–water partition coefficient (Wildman–Crippen LogP) is 2.41. The second-order valence-electron chi connectivity index (χ2n) is 6.92. The van der Waals surface area contributed by atoms with Crippen molar-refractivity contribution in [2.75, 3.05) is 18.6 Å². The first-order valence-electron chi connectivity index (χ1n) is 8.71. The van der Waals surface area contributed by atoms with Gasteiger partial charge in [0, 0.05) is 5.70 Å². The third-order valence-electron chi connectivity index (χ3n) is 5.05. The van der Waals surface area contributed by atoms with Gasteiger partial charge in [0.2, 0.25) is 0 Å². The molecule has 2 heterocycles. The summed E-state index contributed by atoms with van der Waals surface area (Å²) in [5, 5.41) is 2.53. The van der Waals surface area contributed by atoms with E-state index >= 15 is 0 Å². The number of carbonyl (C=O) groups excluding carboxylic acids is 2. The Hall–Kier alpha value is -2.56. The molecule has 0 saturated carbocycles. The van der Waals surface area contributed by atoms with Crippen LogP contribution in [0.5, 0.6) is 0 Å². The van der Waals surface area contributed by atoms with Gasteiger partial charge in [-0.1, -0.05) is 12.1 Å². The van der Waals surface area contributed by atoms with Crippen LogP contribution >= 0.6 is 0 Å². The standard InChI is InChI=1S/C18H19F3N2O5S/c1-10-14(16(24)28-2)15(11-4-3-5-12(8-11)18(19,20)21)22-17(25)23(10)13-6-7-29(26,27)9-13/h3-5,8,13,15H,6-7,9H2,1-2H3,(H,22,25)/t13-,15-/m0/s1. The van der Waals surface area contributed by atoms with Crippen molar-refractivity contribution in [3.8, 4) is 0 Å². The van der Waals surface area contributed by atoms with Crippen molar-refractivity contribution >= 4 is 21.8 Å². The average Bonchev–Trinajstić information content (AvgIpc) is 2.99. The number of nitrogens with one attached hydrogen (secondary N) is 1. The number of hydrogen-bond donors (Lipinski definition) is 1. The number of allylic oxidation sites excluding steroid dienone is 1. The Bertz CT molecular complexity index is 987. The molecule has 0 aliphatic carbocycles. The first-order chi connectivity index (χ1) is 13.4. The van der Waals surface area contributed by atoms with Gasteiger partial charge in [-0.15, -0.1) is 0 Å². The number of rotatable bonds is 3. The minimum atomic E-state index is -4.59. The Kier molecular flexibility index (Phi) is 5.37.